The third-order valence-electron chi connectivity index (χ3n) is 3.97. The van der Waals surface area contributed by atoms with Crippen LogP contribution in [0.15, 0.2) is 23.1 Å². The number of hydrogen-bond donors (Lipinski definition) is 2. The Hall–Kier alpha value is -1.22. The molecule has 1 aliphatic heterocycles. The fourth-order valence-corrected chi connectivity index (χ4v) is 4.25. The van der Waals surface area contributed by atoms with Gasteiger partial charge in [-0.1, -0.05) is 0 Å². The van der Waals surface area contributed by atoms with Crippen molar-refractivity contribution in [2.24, 2.45) is 11.7 Å². The summed E-state index contributed by atoms with van der Waals surface area (Å²) < 4.78 is 40.0. The Morgan fingerprint density at radius 1 is 1.46 bits per heavy atom. The van der Waals surface area contributed by atoms with Gasteiger partial charge in [0.25, 0.3) is 0 Å². The molecule has 0 aliphatic carbocycles. The van der Waals surface area contributed by atoms with E-state index in [4.69, 9.17) is 5.73 Å². The van der Waals surface area contributed by atoms with E-state index in [2.05, 4.69) is 5.32 Å². The minimum absolute atomic E-state index is 0. The SMILES string of the molecule is Cc1cc(S(=O)(=O)N2CCCC(C(=O)NCCN)C2)ccc1F.Cl. The summed E-state index contributed by atoms with van der Waals surface area (Å²) in [4.78, 5) is 12.1. The number of benzene rings is 1. The molecule has 1 aromatic carbocycles. The molecular formula is C15H23ClFN3O3S. The molecule has 136 valence electrons. The van der Waals surface area contributed by atoms with Crippen LogP contribution in [0.3, 0.4) is 0 Å². The maximum absolute atomic E-state index is 13.3. The van der Waals surface area contributed by atoms with Crippen molar-refractivity contribution in [2.75, 3.05) is 26.2 Å². The van der Waals surface area contributed by atoms with E-state index in [1.54, 1.807) is 0 Å². The number of sulfonamides is 1. The predicted octanol–water partition coefficient (Wildman–Crippen LogP) is 1.03. The topological polar surface area (TPSA) is 92.5 Å². The van der Waals surface area contributed by atoms with E-state index in [-0.39, 0.29) is 41.2 Å². The van der Waals surface area contributed by atoms with Crippen LogP contribution in [0.25, 0.3) is 0 Å². The molecular weight excluding hydrogens is 357 g/mol. The molecule has 9 heteroatoms. The van der Waals surface area contributed by atoms with E-state index in [0.717, 1.165) is 6.07 Å². The van der Waals surface area contributed by atoms with Gasteiger partial charge in [-0.2, -0.15) is 4.31 Å². The largest absolute Gasteiger partial charge is 0.355 e. The number of carbonyl (C=O) groups is 1. The number of piperidine rings is 1. The Labute approximate surface area is 148 Å². The summed E-state index contributed by atoms with van der Waals surface area (Å²) in [6.07, 6.45) is 1.25. The highest BCUT2D eigenvalue weighted by atomic mass is 35.5. The molecule has 0 bridgehead atoms. The number of carbonyl (C=O) groups excluding carboxylic acids is 1. The molecule has 1 atom stereocenters. The summed E-state index contributed by atoms with van der Waals surface area (Å²) in [7, 11) is -3.73. The number of nitrogens with two attached hydrogens (primary N) is 1. The summed E-state index contributed by atoms with van der Waals surface area (Å²) in [6, 6.07) is 3.73. The lowest BCUT2D eigenvalue weighted by molar-refractivity contribution is -0.126. The third kappa shape index (κ3) is 4.66. The fraction of sp³-hybridized carbons (Fsp3) is 0.533. The van der Waals surface area contributed by atoms with Crippen molar-refractivity contribution < 1.29 is 17.6 Å². The van der Waals surface area contributed by atoms with E-state index in [1.165, 1.54) is 23.4 Å². The van der Waals surface area contributed by atoms with Gasteiger partial charge < -0.3 is 11.1 Å². The molecule has 1 aliphatic rings. The van der Waals surface area contributed by atoms with Gasteiger partial charge in [0, 0.05) is 26.2 Å². The van der Waals surface area contributed by atoms with Crippen molar-refractivity contribution in [1.82, 2.24) is 9.62 Å². The van der Waals surface area contributed by atoms with Gasteiger partial charge in [-0.05, 0) is 43.5 Å². The molecule has 0 saturated carbocycles. The molecule has 0 radical (unpaired) electrons. The van der Waals surface area contributed by atoms with Crippen LogP contribution in [0.4, 0.5) is 4.39 Å². The van der Waals surface area contributed by atoms with Gasteiger partial charge in [-0.15, -0.1) is 12.4 Å². The second-order valence-electron chi connectivity index (χ2n) is 5.69. The molecule has 1 unspecified atom stereocenters. The molecule has 1 saturated heterocycles. The zero-order valence-electron chi connectivity index (χ0n) is 13.5. The lowest BCUT2D eigenvalue weighted by Gasteiger charge is -2.31. The number of halogens is 2. The fourth-order valence-electron chi connectivity index (χ4n) is 2.64. The molecule has 24 heavy (non-hydrogen) atoms. The number of rotatable bonds is 5. The second-order valence-corrected chi connectivity index (χ2v) is 7.63. The minimum atomic E-state index is -3.73. The van der Waals surface area contributed by atoms with Crippen molar-refractivity contribution in [1.29, 1.82) is 0 Å². The molecule has 6 nitrogen and oxygen atoms in total. The Morgan fingerprint density at radius 2 is 2.17 bits per heavy atom. The third-order valence-corrected chi connectivity index (χ3v) is 5.83. The molecule has 1 amide bonds. The lowest BCUT2D eigenvalue weighted by atomic mass is 9.99. The van der Waals surface area contributed by atoms with Crippen LogP contribution >= 0.6 is 12.4 Å². The van der Waals surface area contributed by atoms with Crippen molar-refractivity contribution in [3.8, 4) is 0 Å². The van der Waals surface area contributed by atoms with Gasteiger partial charge >= 0.3 is 0 Å². The second kappa shape index (κ2) is 8.75. The molecule has 1 fully saturated rings. The van der Waals surface area contributed by atoms with E-state index >= 15 is 0 Å². The maximum Gasteiger partial charge on any atom is 0.243 e. The van der Waals surface area contributed by atoms with E-state index in [1.807, 2.05) is 0 Å². The van der Waals surface area contributed by atoms with Gasteiger partial charge in [0.1, 0.15) is 5.82 Å². The van der Waals surface area contributed by atoms with Crippen LogP contribution in [0.2, 0.25) is 0 Å². The maximum atomic E-state index is 13.3. The van der Waals surface area contributed by atoms with Crippen LogP contribution in [-0.4, -0.2) is 44.8 Å². The molecule has 0 aromatic heterocycles. The summed E-state index contributed by atoms with van der Waals surface area (Å²) in [6.45, 7) is 2.73. The Kier molecular flexibility index (Phi) is 7.59. The van der Waals surface area contributed by atoms with Crippen LogP contribution in [0, 0.1) is 18.7 Å². The summed E-state index contributed by atoms with van der Waals surface area (Å²) in [5.41, 5.74) is 5.63. The average molecular weight is 380 g/mol. The first kappa shape index (κ1) is 20.8. The number of hydrogen-bond acceptors (Lipinski definition) is 4. The minimum Gasteiger partial charge on any atom is -0.355 e. The number of nitrogens with zero attached hydrogens (tertiary/aromatic N) is 1. The first-order valence-electron chi connectivity index (χ1n) is 7.60. The first-order valence-corrected chi connectivity index (χ1v) is 9.04. The standard InChI is InChI=1S/C15H22FN3O3S.ClH/c1-11-9-13(4-5-14(11)16)23(21,22)19-8-2-3-12(10-19)15(20)18-7-6-17;/h4-5,9,12H,2-3,6-8,10,17H2,1H3,(H,18,20);1H. The van der Waals surface area contributed by atoms with Crippen LogP contribution in [0.1, 0.15) is 18.4 Å². The van der Waals surface area contributed by atoms with Crippen molar-refractivity contribution in [3.63, 3.8) is 0 Å². The highest BCUT2D eigenvalue weighted by Gasteiger charge is 2.33. The number of aryl methyl sites for hydroxylation is 1. The smallest absolute Gasteiger partial charge is 0.243 e. The summed E-state index contributed by atoms with van der Waals surface area (Å²) in [5.74, 6) is -1.00. The summed E-state index contributed by atoms with van der Waals surface area (Å²) in [5, 5.41) is 2.70. The summed E-state index contributed by atoms with van der Waals surface area (Å²) >= 11 is 0. The van der Waals surface area contributed by atoms with E-state index in [0.29, 0.717) is 32.5 Å². The van der Waals surface area contributed by atoms with Gasteiger partial charge in [0.15, 0.2) is 0 Å². The zero-order valence-corrected chi connectivity index (χ0v) is 15.1. The highest BCUT2D eigenvalue weighted by Crippen LogP contribution is 2.25. The quantitative estimate of drug-likeness (QED) is 0.799. The van der Waals surface area contributed by atoms with E-state index in [9.17, 15) is 17.6 Å². The lowest BCUT2D eigenvalue weighted by Crippen LogP contribution is -2.46. The monoisotopic (exact) mass is 379 g/mol. The molecule has 1 aromatic rings. The van der Waals surface area contributed by atoms with E-state index < -0.39 is 15.8 Å². The molecule has 0 spiro atoms. The van der Waals surface area contributed by atoms with Crippen molar-refractivity contribution >= 4 is 28.3 Å². The Bertz CT molecular complexity index is 685. The Morgan fingerprint density at radius 3 is 2.79 bits per heavy atom. The van der Waals surface area contributed by atoms with Gasteiger partial charge in [-0.25, -0.2) is 12.8 Å². The normalized spacial score (nSPS) is 18.7. The predicted molar refractivity (Wildman–Crippen MR) is 91.9 cm³/mol. The molecule has 1 heterocycles. The van der Waals surface area contributed by atoms with Gasteiger partial charge in [0.2, 0.25) is 15.9 Å². The van der Waals surface area contributed by atoms with Gasteiger partial charge in [-0.3, -0.25) is 4.79 Å². The average Bonchev–Trinajstić information content (AvgIpc) is 2.55. The van der Waals surface area contributed by atoms with Crippen LogP contribution < -0.4 is 11.1 Å². The highest BCUT2D eigenvalue weighted by molar-refractivity contribution is 7.89. The Balaban J connectivity index is 0.00000288. The van der Waals surface area contributed by atoms with Gasteiger partial charge in [0.05, 0.1) is 10.8 Å². The molecule has 2 rings (SSSR count). The van der Waals surface area contributed by atoms with Crippen molar-refractivity contribution in [3.05, 3.63) is 29.6 Å². The number of amides is 1. The first-order chi connectivity index (χ1) is 10.9. The van der Waals surface area contributed by atoms with Crippen LogP contribution in [0.5, 0.6) is 0 Å². The number of nitrogens with one attached hydrogen (secondary N) is 1. The van der Waals surface area contributed by atoms with Crippen molar-refractivity contribution in [2.45, 2.75) is 24.7 Å². The van der Waals surface area contributed by atoms with Crippen LogP contribution in [-0.2, 0) is 14.8 Å². The molecule has 3 N–H and O–H groups in total. The zero-order chi connectivity index (χ0) is 17.0.